The van der Waals surface area contributed by atoms with Gasteiger partial charge in [-0.05, 0) is 31.4 Å². The molecule has 1 aliphatic heterocycles. The first kappa shape index (κ1) is 12.2. The highest BCUT2D eigenvalue weighted by Crippen LogP contribution is 2.30. The molecule has 0 aromatic carbocycles. The van der Waals surface area contributed by atoms with Crippen molar-refractivity contribution in [1.29, 1.82) is 0 Å². The summed E-state index contributed by atoms with van der Waals surface area (Å²) in [6.07, 6.45) is 1.86. The largest absolute Gasteiger partial charge is 0.391 e. The van der Waals surface area contributed by atoms with Gasteiger partial charge in [-0.3, -0.25) is 0 Å². The lowest BCUT2D eigenvalue weighted by Gasteiger charge is -2.42. The monoisotopic (exact) mass is 216 g/mol. The lowest BCUT2D eigenvalue weighted by atomic mass is 9.95. The highest BCUT2D eigenvalue weighted by atomic mass is 28.4. The van der Waals surface area contributed by atoms with E-state index in [1.54, 1.807) is 0 Å². The van der Waals surface area contributed by atoms with Gasteiger partial charge in [0.05, 0.1) is 12.2 Å². The van der Waals surface area contributed by atoms with Crippen molar-refractivity contribution in [2.75, 3.05) is 0 Å². The zero-order valence-corrected chi connectivity index (χ0v) is 11.3. The summed E-state index contributed by atoms with van der Waals surface area (Å²) >= 11 is 0. The minimum absolute atomic E-state index is 0.401. The quantitative estimate of drug-likeness (QED) is 0.660. The third-order valence-corrected chi connectivity index (χ3v) is 4.56. The molecular weight excluding hydrogens is 192 g/mol. The van der Waals surface area contributed by atoms with Gasteiger partial charge in [-0.2, -0.15) is 0 Å². The predicted octanol–water partition coefficient (Wildman–Crippen LogP) is 3.17. The van der Waals surface area contributed by atoms with Gasteiger partial charge in [0.25, 0.3) is 0 Å². The van der Waals surface area contributed by atoms with Gasteiger partial charge in [0.1, 0.15) is 0 Å². The van der Waals surface area contributed by atoms with Crippen molar-refractivity contribution in [1.82, 2.24) is 0 Å². The van der Waals surface area contributed by atoms with Crippen LogP contribution in [0.15, 0.2) is 0 Å². The van der Waals surface area contributed by atoms with Crippen molar-refractivity contribution in [2.24, 2.45) is 11.8 Å². The molecule has 1 saturated heterocycles. The fourth-order valence-electron chi connectivity index (χ4n) is 1.90. The van der Waals surface area contributed by atoms with Gasteiger partial charge >= 0.3 is 8.56 Å². The molecule has 0 bridgehead atoms. The lowest BCUT2D eigenvalue weighted by Crippen LogP contribution is -2.51. The first-order valence-corrected chi connectivity index (χ1v) is 8.49. The van der Waals surface area contributed by atoms with E-state index in [0.29, 0.717) is 24.0 Å². The molecule has 0 radical (unpaired) electrons. The molecule has 1 fully saturated rings. The molecule has 84 valence electrons. The Hall–Kier alpha value is 0.137. The van der Waals surface area contributed by atoms with Crippen LogP contribution in [-0.4, -0.2) is 20.8 Å². The first-order chi connectivity index (χ1) is 6.32. The Morgan fingerprint density at radius 3 is 1.57 bits per heavy atom. The topological polar surface area (TPSA) is 18.5 Å². The van der Waals surface area contributed by atoms with Crippen LogP contribution in [0.25, 0.3) is 0 Å². The van der Waals surface area contributed by atoms with Crippen LogP contribution in [0.2, 0.25) is 13.1 Å². The van der Waals surface area contributed by atoms with Gasteiger partial charge in [-0.1, -0.05) is 27.7 Å². The summed E-state index contributed by atoms with van der Waals surface area (Å²) in [7, 11) is -1.84. The summed E-state index contributed by atoms with van der Waals surface area (Å²) in [6, 6.07) is 0. The molecule has 0 N–H and O–H groups in total. The van der Waals surface area contributed by atoms with Gasteiger partial charge in [-0.25, -0.2) is 0 Å². The SMILES string of the molecule is CC(C)[C@@H]1C[C@H](C(C)C)O[Si](C)(C)O1. The fraction of sp³-hybridized carbons (Fsp3) is 1.00. The third-order valence-electron chi connectivity index (χ3n) is 2.82. The zero-order chi connectivity index (χ0) is 10.9. The Morgan fingerprint density at radius 1 is 0.929 bits per heavy atom. The van der Waals surface area contributed by atoms with Gasteiger partial charge in [0.2, 0.25) is 0 Å². The van der Waals surface area contributed by atoms with Gasteiger partial charge in [0, 0.05) is 0 Å². The summed E-state index contributed by atoms with van der Waals surface area (Å²) in [4.78, 5) is 0. The summed E-state index contributed by atoms with van der Waals surface area (Å²) in [5.74, 6) is 1.21. The maximum Gasteiger partial charge on any atom is 0.332 e. The summed E-state index contributed by atoms with van der Waals surface area (Å²) in [5, 5.41) is 0. The molecule has 0 aromatic rings. The second-order valence-electron chi connectivity index (χ2n) is 5.44. The van der Waals surface area contributed by atoms with E-state index >= 15 is 0 Å². The fourth-order valence-corrected chi connectivity index (χ4v) is 4.15. The van der Waals surface area contributed by atoms with E-state index in [4.69, 9.17) is 8.85 Å². The standard InChI is InChI=1S/C11H24O2Si/c1-8(2)10-7-11(9(3)4)13-14(5,6)12-10/h8-11H,7H2,1-6H3/t10-,11+. The molecule has 2 nitrogen and oxygen atoms in total. The Bertz CT molecular complexity index is 172. The van der Waals surface area contributed by atoms with E-state index < -0.39 is 8.56 Å². The van der Waals surface area contributed by atoms with Gasteiger partial charge in [0.15, 0.2) is 0 Å². The van der Waals surface area contributed by atoms with E-state index in [9.17, 15) is 0 Å². The van der Waals surface area contributed by atoms with E-state index in [0.717, 1.165) is 6.42 Å². The van der Waals surface area contributed by atoms with Crippen LogP contribution in [0.5, 0.6) is 0 Å². The van der Waals surface area contributed by atoms with Gasteiger partial charge < -0.3 is 8.85 Å². The third kappa shape index (κ3) is 3.07. The molecule has 0 aliphatic carbocycles. The molecule has 0 unspecified atom stereocenters. The molecule has 3 heteroatoms. The molecule has 0 aromatic heterocycles. The van der Waals surface area contributed by atoms with E-state index in [1.807, 2.05) is 0 Å². The average Bonchev–Trinajstić information content (AvgIpc) is 2.01. The van der Waals surface area contributed by atoms with Crippen LogP contribution in [0.1, 0.15) is 34.1 Å². The van der Waals surface area contributed by atoms with Crippen LogP contribution in [0.4, 0.5) is 0 Å². The van der Waals surface area contributed by atoms with Crippen molar-refractivity contribution in [3.63, 3.8) is 0 Å². The Labute approximate surface area is 89.2 Å². The Morgan fingerprint density at radius 2 is 1.29 bits per heavy atom. The van der Waals surface area contributed by atoms with E-state index in [-0.39, 0.29) is 0 Å². The van der Waals surface area contributed by atoms with Crippen LogP contribution >= 0.6 is 0 Å². The molecule has 1 heterocycles. The van der Waals surface area contributed by atoms with Gasteiger partial charge in [-0.15, -0.1) is 0 Å². The Kier molecular flexibility index (Phi) is 3.78. The molecule has 0 spiro atoms. The molecule has 1 aliphatic rings. The Balaban J connectivity index is 2.67. The summed E-state index contributed by atoms with van der Waals surface area (Å²) in [5.41, 5.74) is 0. The van der Waals surface area contributed by atoms with Crippen molar-refractivity contribution in [3.05, 3.63) is 0 Å². The summed E-state index contributed by atoms with van der Waals surface area (Å²) in [6.45, 7) is 13.2. The minimum Gasteiger partial charge on any atom is -0.391 e. The van der Waals surface area contributed by atoms with Crippen molar-refractivity contribution in [2.45, 2.75) is 59.4 Å². The highest BCUT2D eigenvalue weighted by molar-refractivity contribution is 6.64. The molecule has 0 saturated carbocycles. The van der Waals surface area contributed by atoms with Crippen molar-refractivity contribution >= 4 is 8.56 Å². The maximum atomic E-state index is 6.03. The smallest absolute Gasteiger partial charge is 0.332 e. The van der Waals surface area contributed by atoms with Crippen LogP contribution in [0, 0.1) is 11.8 Å². The molecule has 14 heavy (non-hydrogen) atoms. The predicted molar refractivity (Wildman–Crippen MR) is 61.5 cm³/mol. The van der Waals surface area contributed by atoms with Crippen molar-refractivity contribution in [3.8, 4) is 0 Å². The second kappa shape index (κ2) is 4.33. The van der Waals surface area contributed by atoms with E-state index in [1.165, 1.54) is 0 Å². The number of rotatable bonds is 2. The second-order valence-corrected chi connectivity index (χ2v) is 8.71. The molecule has 2 atom stereocenters. The maximum absolute atomic E-state index is 6.03. The zero-order valence-electron chi connectivity index (χ0n) is 10.3. The van der Waals surface area contributed by atoms with Crippen molar-refractivity contribution < 1.29 is 8.85 Å². The normalized spacial score (nSPS) is 32.6. The molecule has 1 rings (SSSR count). The minimum atomic E-state index is -1.84. The summed E-state index contributed by atoms with van der Waals surface area (Å²) < 4.78 is 12.1. The van der Waals surface area contributed by atoms with E-state index in [2.05, 4.69) is 40.8 Å². The lowest BCUT2D eigenvalue weighted by molar-refractivity contribution is -0.0330. The highest BCUT2D eigenvalue weighted by Gasteiger charge is 2.40. The van der Waals surface area contributed by atoms with Crippen LogP contribution in [0.3, 0.4) is 0 Å². The van der Waals surface area contributed by atoms with Crippen LogP contribution < -0.4 is 0 Å². The molecule has 0 amide bonds. The number of hydrogen-bond acceptors (Lipinski definition) is 2. The first-order valence-electron chi connectivity index (χ1n) is 5.67. The number of hydrogen-bond donors (Lipinski definition) is 0. The van der Waals surface area contributed by atoms with Crippen LogP contribution in [-0.2, 0) is 8.85 Å². The molecular formula is C11H24O2Si. The average molecular weight is 216 g/mol.